The minimum Gasteiger partial charge on any atom is -0.489 e. The molecule has 2 aromatic carbocycles. The van der Waals surface area contributed by atoms with Gasteiger partial charge in [0.25, 0.3) is 0 Å². The third-order valence-electron chi connectivity index (χ3n) is 4.24. The molecule has 0 saturated heterocycles. The normalized spacial score (nSPS) is 10.6. The number of carbonyl (C=O) groups is 1. The van der Waals surface area contributed by atoms with Crippen molar-refractivity contribution in [2.75, 3.05) is 25.6 Å². The molecule has 3 rings (SSSR count). The number of nitrogens with zero attached hydrogens (tertiary/aromatic N) is 2. The molecule has 0 spiro atoms. The van der Waals surface area contributed by atoms with Crippen LogP contribution >= 0.6 is 0 Å². The molecule has 1 amide bonds. The Labute approximate surface area is 187 Å². The summed E-state index contributed by atoms with van der Waals surface area (Å²) in [6.45, 7) is 0.474. The number of H-pyrrole nitrogens is 1. The van der Waals surface area contributed by atoms with E-state index in [0.717, 1.165) is 0 Å². The van der Waals surface area contributed by atoms with Gasteiger partial charge in [-0.2, -0.15) is 18.4 Å². The minimum absolute atomic E-state index is 0.0272. The van der Waals surface area contributed by atoms with E-state index in [0.29, 0.717) is 22.9 Å². The number of nitrogens with one attached hydrogen (secondary N) is 2. The number of alkyl halides is 3. The van der Waals surface area contributed by atoms with Crippen molar-refractivity contribution in [3.05, 3.63) is 65.5 Å². The third kappa shape index (κ3) is 6.35. The summed E-state index contributed by atoms with van der Waals surface area (Å²) in [5.74, 6) is 4.65. The predicted molar refractivity (Wildman–Crippen MR) is 113 cm³/mol. The Morgan fingerprint density at radius 3 is 2.67 bits per heavy atom. The van der Waals surface area contributed by atoms with Crippen molar-refractivity contribution in [2.45, 2.75) is 6.18 Å². The Bertz CT molecular complexity index is 1250. The molecule has 1 heterocycles. The molecule has 0 radical (unpaired) electrons. The fraction of sp³-hybridized carbons (Fsp3) is 0.174. The van der Waals surface area contributed by atoms with E-state index in [2.05, 4.69) is 27.1 Å². The van der Waals surface area contributed by atoms with E-state index in [4.69, 9.17) is 14.7 Å². The van der Waals surface area contributed by atoms with E-state index in [1.165, 1.54) is 31.4 Å². The quantitative estimate of drug-likeness (QED) is 0.434. The molecule has 3 aromatic rings. The number of benzene rings is 2. The highest BCUT2D eigenvalue weighted by Gasteiger charge is 2.33. The Morgan fingerprint density at radius 1 is 1.18 bits per heavy atom. The number of methoxy groups -OCH3 is 1. The molecule has 7 nitrogen and oxygen atoms in total. The van der Waals surface area contributed by atoms with Crippen molar-refractivity contribution in [3.8, 4) is 35.0 Å². The first-order chi connectivity index (χ1) is 15.8. The van der Waals surface area contributed by atoms with Crippen molar-refractivity contribution in [2.24, 2.45) is 0 Å². The van der Waals surface area contributed by atoms with Gasteiger partial charge in [-0.25, -0.2) is 4.98 Å². The third-order valence-corrected chi connectivity index (χ3v) is 4.24. The van der Waals surface area contributed by atoms with Crippen molar-refractivity contribution < 1.29 is 27.4 Å². The number of nitriles is 1. The number of aromatic amines is 1. The largest absolute Gasteiger partial charge is 0.489 e. The number of ether oxygens (including phenoxy) is 2. The Hall–Kier alpha value is -4.28. The molecular formula is C23H17F3N4O3. The number of hydrogen-bond acceptors (Lipinski definition) is 5. The SMILES string of the molecule is COCCOc1ccc(-c2ncc(C(F)(F)F)[nH]2)cc1NC(=O)C#Cc1cccc(C#N)c1. The zero-order valence-electron chi connectivity index (χ0n) is 17.3. The van der Waals surface area contributed by atoms with Crippen LogP contribution in [0.5, 0.6) is 5.75 Å². The Morgan fingerprint density at radius 2 is 1.97 bits per heavy atom. The van der Waals surface area contributed by atoms with Crippen LogP contribution in [0.2, 0.25) is 0 Å². The molecule has 10 heteroatoms. The van der Waals surface area contributed by atoms with Crippen LogP contribution in [-0.4, -0.2) is 36.2 Å². The molecule has 33 heavy (non-hydrogen) atoms. The molecule has 0 aliphatic carbocycles. The number of rotatable bonds is 6. The lowest BCUT2D eigenvalue weighted by atomic mass is 10.1. The summed E-state index contributed by atoms with van der Waals surface area (Å²) in [5.41, 5.74) is 0.382. The fourth-order valence-corrected chi connectivity index (χ4v) is 2.70. The minimum atomic E-state index is -4.57. The lowest BCUT2D eigenvalue weighted by Gasteiger charge is -2.12. The molecule has 0 saturated carbocycles. The Balaban J connectivity index is 1.86. The maximum atomic E-state index is 12.9. The van der Waals surface area contributed by atoms with E-state index >= 15 is 0 Å². The number of halogens is 3. The number of hydrogen-bond donors (Lipinski definition) is 2. The second-order valence-corrected chi connectivity index (χ2v) is 6.59. The van der Waals surface area contributed by atoms with Crippen molar-refractivity contribution in [1.29, 1.82) is 5.26 Å². The first-order valence-electron chi connectivity index (χ1n) is 9.51. The van der Waals surface area contributed by atoms with Crippen molar-refractivity contribution in [1.82, 2.24) is 9.97 Å². The second kappa shape index (κ2) is 10.4. The number of aromatic nitrogens is 2. The highest BCUT2D eigenvalue weighted by molar-refractivity contribution is 6.05. The maximum Gasteiger partial charge on any atom is 0.432 e. The van der Waals surface area contributed by atoms with Gasteiger partial charge in [0.05, 0.1) is 30.1 Å². The van der Waals surface area contributed by atoms with Gasteiger partial charge in [-0.05, 0) is 36.4 Å². The van der Waals surface area contributed by atoms with Gasteiger partial charge >= 0.3 is 12.1 Å². The first-order valence-corrected chi connectivity index (χ1v) is 9.51. The molecule has 0 bridgehead atoms. The van der Waals surface area contributed by atoms with Crippen LogP contribution in [0.1, 0.15) is 16.8 Å². The summed E-state index contributed by atoms with van der Waals surface area (Å²) in [6.07, 6.45) is -3.87. The molecule has 0 unspecified atom stereocenters. The van der Waals surface area contributed by atoms with E-state index in [-0.39, 0.29) is 30.5 Å². The molecule has 168 valence electrons. The highest BCUT2D eigenvalue weighted by Crippen LogP contribution is 2.32. The topological polar surface area (TPSA) is 100 Å². The van der Waals surface area contributed by atoms with Gasteiger partial charge in [0, 0.05) is 24.2 Å². The van der Waals surface area contributed by atoms with Crippen LogP contribution in [0.25, 0.3) is 11.4 Å². The van der Waals surface area contributed by atoms with Gasteiger partial charge in [-0.15, -0.1) is 0 Å². The summed E-state index contributed by atoms with van der Waals surface area (Å²) in [4.78, 5) is 18.4. The van der Waals surface area contributed by atoms with Gasteiger partial charge in [0.15, 0.2) is 0 Å². The van der Waals surface area contributed by atoms with Crippen LogP contribution in [0.3, 0.4) is 0 Å². The number of anilines is 1. The lowest BCUT2D eigenvalue weighted by molar-refractivity contribution is -0.140. The van der Waals surface area contributed by atoms with Crippen molar-refractivity contribution in [3.63, 3.8) is 0 Å². The molecule has 1 aromatic heterocycles. The smallest absolute Gasteiger partial charge is 0.432 e. The molecular weight excluding hydrogens is 437 g/mol. The van der Waals surface area contributed by atoms with E-state index in [9.17, 15) is 18.0 Å². The summed E-state index contributed by atoms with van der Waals surface area (Å²) >= 11 is 0. The van der Waals surface area contributed by atoms with Gasteiger partial charge in [0.1, 0.15) is 23.9 Å². The van der Waals surface area contributed by atoms with E-state index in [1.807, 2.05) is 6.07 Å². The summed E-state index contributed by atoms with van der Waals surface area (Å²) in [5, 5.41) is 11.5. The average Bonchev–Trinajstić information content (AvgIpc) is 3.30. The monoisotopic (exact) mass is 454 g/mol. The van der Waals surface area contributed by atoms with Crippen LogP contribution in [0, 0.1) is 23.2 Å². The summed E-state index contributed by atoms with van der Waals surface area (Å²) < 4.78 is 49.2. The van der Waals surface area contributed by atoms with Gasteiger partial charge in [-0.3, -0.25) is 4.79 Å². The summed E-state index contributed by atoms with van der Waals surface area (Å²) in [7, 11) is 1.50. The Kier molecular flexibility index (Phi) is 7.34. The molecule has 0 aliphatic rings. The van der Waals surface area contributed by atoms with Gasteiger partial charge in [0.2, 0.25) is 0 Å². The summed E-state index contributed by atoms with van der Waals surface area (Å²) in [6, 6.07) is 12.9. The second-order valence-electron chi connectivity index (χ2n) is 6.59. The molecule has 0 aliphatic heterocycles. The van der Waals surface area contributed by atoms with Crippen LogP contribution in [0.15, 0.2) is 48.7 Å². The van der Waals surface area contributed by atoms with E-state index < -0.39 is 17.8 Å². The lowest BCUT2D eigenvalue weighted by Crippen LogP contribution is -2.12. The van der Waals surface area contributed by atoms with Crippen LogP contribution < -0.4 is 10.1 Å². The van der Waals surface area contributed by atoms with E-state index in [1.54, 1.807) is 18.2 Å². The molecule has 2 N–H and O–H groups in total. The zero-order valence-corrected chi connectivity index (χ0v) is 17.3. The predicted octanol–water partition coefficient (Wildman–Crippen LogP) is 3.98. The first kappa shape index (κ1) is 23.4. The average molecular weight is 454 g/mol. The van der Waals surface area contributed by atoms with Crippen LogP contribution in [-0.2, 0) is 15.7 Å². The number of carbonyl (C=O) groups excluding carboxylic acids is 1. The molecule has 0 atom stereocenters. The van der Waals surface area contributed by atoms with Crippen LogP contribution in [0.4, 0.5) is 18.9 Å². The zero-order chi connectivity index (χ0) is 23.8. The van der Waals surface area contributed by atoms with Gasteiger partial charge in [-0.1, -0.05) is 12.0 Å². The highest BCUT2D eigenvalue weighted by atomic mass is 19.4. The van der Waals surface area contributed by atoms with Gasteiger partial charge < -0.3 is 19.8 Å². The number of imidazole rings is 1. The molecule has 0 fully saturated rings. The fourth-order valence-electron chi connectivity index (χ4n) is 2.70. The standard InChI is InChI=1S/C23H17F3N4O3/c1-32-9-10-33-19-7-6-17(22-28-14-20(30-22)23(24,25)26)12-18(19)29-21(31)8-5-15-3-2-4-16(11-15)13-27/h2-4,6-7,11-12,14H,9-10H2,1H3,(H,28,30)(H,29,31). The number of amides is 1. The maximum absolute atomic E-state index is 12.9. The van der Waals surface area contributed by atoms with Crippen molar-refractivity contribution >= 4 is 11.6 Å².